The van der Waals surface area contributed by atoms with Gasteiger partial charge in [-0.15, -0.1) is 0 Å². The minimum atomic E-state index is 0.0202. The molecule has 0 spiro atoms. The Balaban J connectivity index is 1.17. The van der Waals surface area contributed by atoms with Crippen molar-refractivity contribution >= 4 is 61.3 Å². The topological polar surface area (TPSA) is 28.3 Å². The highest BCUT2D eigenvalue weighted by Crippen LogP contribution is 2.54. The van der Waals surface area contributed by atoms with Gasteiger partial charge >= 0.3 is 0 Å². The first kappa shape index (κ1) is 25.2. The van der Waals surface area contributed by atoms with Crippen molar-refractivity contribution in [3.63, 3.8) is 0 Å². The molecule has 2 atom stereocenters. The molecule has 4 heterocycles. The Hall–Kier alpha value is -5.94. The Bertz CT molecular complexity index is 2770. The first-order chi connectivity index (χ1) is 23.8. The summed E-state index contributed by atoms with van der Waals surface area (Å²) >= 11 is 0. The summed E-state index contributed by atoms with van der Waals surface area (Å²) in [4.78, 5) is 0. The number of nitrogens with zero attached hydrogens (tertiary/aromatic N) is 2. The molecule has 224 valence electrons. The second-order valence-corrected chi connectivity index (χ2v) is 13.6. The molecule has 1 fully saturated rings. The van der Waals surface area contributed by atoms with E-state index in [1.165, 1.54) is 49.0 Å². The van der Waals surface area contributed by atoms with Crippen LogP contribution in [0.4, 0.5) is 0 Å². The van der Waals surface area contributed by atoms with E-state index < -0.39 is 0 Å². The van der Waals surface area contributed by atoms with Gasteiger partial charge in [0, 0.05) is 56.4 Å². The van der Waals surface area contributed by atoms with Crippen LogP contribution in [0.15, 0.2) is 157 Å². The van der Waals surface area contributed by atoms with E-state index in [1.54, 1.807) is 0 Å². The van der Waals surface area contributed by atoms with Crippen molar-refractivity contribution in [3.05, 3.63) is 157 Å². The minimum Gasteiger partial charge on any atom is -0.462 e. The van der Waals surface area contributed by atoms with E-state index >= 15 is 0 Å². The molecule has 12 rings (SSSR count). The monoisotopic (exact) mass is 614 g/mol. The normalized spacial score (nSPS) is 18.7. The molecule has 0 radical (unpaired) electrons. The van der Waals surface area contributed by atoms with Crippen molar-refractivity contribution in [1.82, 2.24) is 9.13 Å². The Morgan fingerprint density at radius 1 is 0.521 bits per heavy atom. The van der Waals surface area contributed by atoms with Gasteiger partial charge in [0.15, 0.2) is 0 Å². The van der Waals surface area contributed by atoms with Crippen LogP contribution in [0.1, 0.15) is 6.42 Å². The maximum Gasteiger partial charge on any atom is 0.260 e. The van der Waals surface area contributed by atoms with Gasteiger partial charge in [-0.1, -0.05) is 84.9 Å². The fourth-order valence-corrected chi connectivity index (χ4v) is 8.89. The highest BCUT2D eigenvalue weighted by molar-refractivity contribution is 6.93. The summed E-state index contributed by atoms with van der Waals surface area (Å²) in [6, 6.07) is 48.2. The van der Waals surface area contributed by atoms with Crippen LogP contribution in [0.3, 0.4) is 0 Å². The van der Waals surface area contributed by atoms with E-state index in [4.69, 9.17) is 9.47 Å². The number of rotatable bonds is 2. The second-order valence-electron chi connectivity index (χ2n) is 13.6. The summed E-state index contributed by atoms with van der Waals surface area (Å²) in [5.74, 6) is 4.86. The van der Waals surface area contributed by atoms with Crippen LogP contribution in [0.25, 0.3) is 55.0 Å². The van der Waals surface area contributed by atoms with Crippen LogP contribution in [-0.4, -0.2) is 15.8 Å². The van der Waals surface area contributed by atoms with Crippen molar-refractivity contribution in [3.8, 4) is 22.9 Å². The van der Waals surface area contributed by atoms with Gasteiger partial charge < -0.3 is 18.6 Å². The molecule has 6 aromatic carbocycles. The molecule has 4 nitrogen and oxygen atoms in total. The largest absolute Gasteiger partial charge is 0.462 e. The lowest BCUT2D eigenvalue weighted by atomic mass is 9.33. The molecule has 5 heteroatoms. The molecule has 2 aliphatic heterocycles. The number of hydrogen-bond acceptors (Lipinski definition) is 2. The van der Waals surface area contributed by atoms with Crippen molar-refractivity contribution in [2.24, 2.45) is 11.8 Å². The SMILES string of the molecule is C1=C2Oc3cc4c(cc3B3C2=C(Oc2cc5c(cc23)c2ccccc2n5-c2ccccc2)C2CC12)c1ccccc1n4-c1ccccc1. The van der Waals surface area contributed by atoms with Gasteiger partial charge in [-0.3, -0.25) is 0 Å². The highest BCUT2D eigenvalue weighted by Gasteiger charge is 2.53. The molecule has 2 unspecified atom stereocenters. The van der Waals surface area contributed by atoms with Crippen LogP contribution in [0, 0.1) is 11.8 Å². The van der Waals surface area contributed by atoms with Crippen LogP contribution < -0.4 is 20.4 Å². The fourth-order valence-electron chi connectivity index (χ4n) is 8.89. The lowest BCUT2D eigenvalue weighted by Crippen LogP contribution is -2.52. The third-order valence-electron chi connectivity index (χ3n) is 11.1. The van der Waals surface area contributed by atoms with Crippen molar-refractivity contribution in [2.45, 2.75) is 6.42 Å². The smallest absolute Gasteiger partial charge is 0.260 e. The van der Waals surface area contributed by atoms with Crippen molar-refractivity contribution in [2.75, 3.05) is 0 Å². The quantitative estimate of drug-likeness (QED) is 0.183. The average molecular weight is 615 g/mol. The van der Waals surface area contributed by atoms with E-state index in [0.29, 0.717) is 11.8 Å². The molecule has 8 aromatic rings. The number of allylic oxidation sites excluding steroid dienone is 3. The van der Waals surface area contributed by atoms with Crippen molar-refractivity contribution in [1.29, 1.82) is 0 Å². The highest BCUT2D eigenvalue weighted by atomic mass is 16.5. The molecular formula is C43H27BN2O2. The molecule has 0 bridgehead atoms. The zero-order valence-electron chi connectivity index (χ0n) is 25.9. The Morgan fingerprint density at radius 3 is 1.62 bits per heavy atom. The van der Waals surface area contributed by atoms with Gasteiger partial charge in [0.2, 0.25) is 0 Å². The van der Waals surface area contributed by atoms with E-state index in [0.717, 1.165) is 51.8 Å². The fraction of sp³-hybridized carbons (Fsp3) is 0.0698. The number of para-hydroxylation sites is 4. The summed E-state index contributed by atoms with van der Waals surface area (Å²) in [7, 11) is 0. The molecule has 48 heavy (non-hydrogen) atoms. The zero-order valence-corrected chi connectivity index (χ0v) is 25.9. The van der Waals surface area contributed by atoms with Gasteiger partial charge in [0.1, 0.15) is 23.0 Å². The summed E-state index contributed by atoms with van der Waals surface area (Å²) in [6.07, 6.45) is 3.48. The maximum absolute atomic E-state index is 7.00. The number of ether oxygens (including phenoxy) is 2. The van der Waals surface area contributed by atoms with Gasteiger partial charge in [-0.2, -0.15) is 0 Å². The van der Waals surface area contributed by atoms with Crippen LogP contribution >= 0.6 is 0 Å². The third kappa shape index (κ3) is 3.21. The van der Waals surface area contributed by atoms with Crippen molar-refractivity contribution < 1.29 is 9.47 Å². The molecule has 1 saturated carbocycles. The van der Waals surface area contributed by atoms with E-state index in [2.05, 4.69) is 149 Å². The Morgan fingerprint density at radius 2 is 1.04 bits per heavy atom. The van der Waals surface area contributed by atoms with E-state index in [9.17, 15) is 0 Å². The molecule has 0 amide bonds. The maximum atomic E-state index is 7.00. The predicted molar refractivity (Wildman–Crippen MR) is 195 cm³/mol. The number of fused-ring (bicyclic) bond motifs is 12. The van der Waals surface area contributed by atoms with E-state index in [1.807, 2.05) is 0 Å². The number of benzene rings is 6. The first-order valence-electron chi connectivity index (χ1n) is 16.9. The molecule has 4 aliphatic rings. The number of hydrogen-bond donors (Lipinski definition) is 0. The van der Waals surface area contributed by atoms with Gasteiger partial charge in [-0.05, 0) is 65.7 Å². The minimum absolute atomic E-state index is 0.0202. The molecule has 2 aromatic heterocycles. The average Bonchev–Trinajstić information content (AvgIpc) is 3.76. The van der Waals surface area contributed by atoms with Gasteiger partial charge in [0.05, 0.1) is 22.1 Å². The third-order valence-corrected chi connectivity index (χ3v) is 11.1. The Labute approximate surface area is 276 Å². The lowest BCUT2D eigenvalue weighted by Gasteiger charge is -2.36. The predicted octanol–water partition coefficient (Wildman–Crippen LogP) is 8.60. The van der Waals surface area contributed by atoms with Crippen LogP contribution in [-0.2, 0) is 0 Å². The summed E-state index contributed by atoms with van der Waals surface area (Å²) in [5.41, 5.74) is 10.6. The lowest BCUT2D eigenvalue weighted by molar-refractivity contribution is 0.364. The first-order valence-corrected chi connectivity index (χ1v) is 16.9. The molecule has 0 N–H and O–H groups in total. The standard InChI is InChI=1S/C43H27BN2O2/c1-3-11-26(12-4-1)45-35-17-9-7-15-28(35)31-21-33-39(23-37(31)45)47-41-20-25-19-30(25)43-42(41)44(33)34-22-32-29-16-8-10-18-36(29)46(27-13-5-2-6-14-27)38(32)24-40(34)48-43/h1-18,20-25,30H,19H2. The van der Waals surface area contributed by atoms with Crippen LogP contribution in [0.5, 0.6) is 11.5 Å². The second kappa shape index (κ2) is 8.90. The van der Waals surface area contributed by atoms with Gasteiger partial charge in [0.25, 0.3) is 6.71 Å². The zero-order chi connectivity index (χ0) is 31.1. The Kier molecular flexibility index (Phi) is 4.67. The van der Waals surface area contributed by atoms with Crippen LogP contribution in [0.2, 0.25) is 0 Å². The van der Waals surface area contributed by atoms with E-state index in [-0.39, 0.29) is 6.71 Å². The molecule has 0 saturated heterocycles. The summed E-state index contributed by atoms with van der Waals surface area (Å²) in [5, 5.41) is 4.96. The summed E-state index contributed by atoms with van der Waals surface area (Å²) in [6.45, 7) is 0.0202. The summed E-state index contributed by atoms with van der Waals surface area (Å²) < 4.78 is 18.7. The molecular weight excluding hydrogens is 587 g/mol. The number of aromatic nitrogens is 2. The molecule has 2 aliphatic carbocycles. The van der Waals surface area contributed by atoms with Gasteiger partial charge in [-0.25, -0.2) is 0 Å².